The molecule has 3 heteroatoms. The van der Waals surface area contributed by atoms with Gasteiger partial charge >= 0.3 is 0 Å². The second-order valence-corrected chi connectivity index (χ2v) is 4.55. The number of benzene rings is 1. The molecule has 0 aliphatic heterocycles. The Kier molecular flexibility index (Phi) is 2.65. The molecule has 1 fully saturated rings. The smallest absolute Gasteiger partial charge is 0.125 e. The molecule has 15 heavy (non-hydrogen) atoms. The van der Waals surface area contributed by atoms with Gasteiger partial charge in [0.2, 0.25) is 0 Å². The van der Waals surface area contributed by atoms with Crippen LogP contribution in [-0.2, 0) is 0 Å². The predicted octanol–water partition coefficient (Wildman–Crippen LogP) is 2.14. The molecule has 0 unspecified atom stereocenters. The third-order valence-corrected chi connectivity index (χ3v) is 3.15. The molecule has 0 radical (unpaired) electrons. The first kappa shape index (κ1) is 10.4. The Bertz CT molecular complexity index is 347. The maximum absolute atomic E-state index is 13.0. The SMILES string of the molecule is CN(CC1(N)CCC1)c1cccc(F)c1. The summed E-state index contributed by atoms with van der Waals surface area (Å²) in [5, 5.41) is 0. The van der Waals surface area contributed by atoms with E-state index in [2.05, 4.69) is 0 Å². The predicted molar refractivity (Wildman–Crippen MR) is 60.4 cm³/mol. The van der Waals surface area contributed by atoms with E-state index in [0.717, 1.165) is 25.1 Å². The lowest BCUT2D eigenvalue weighted by molar-refractivity contribution is 0.255. The van der Waals surface area contributed by atoms with Gasteiger partial charge in [-0.3, -0.25) is 0 Å². The summed E-state index contributed by atoms with van der Waals surface area (Å²) < 4.78 is 13.0. The summed E-state index contributed by atoms with van der Waals surface area (Å²) in [7, 11) is 1.96. The van der Waals surface area contributed by atoms with Gasteiger partial charge in [-0.25, -0.2) is 4.39 Å². The van der Waals surface area contributed by atoms with Crippen molar-refractivity contribution in [1.29, 1.82) is 0 Å². The molecule has 0 spiro atoms. The van der Waals surface area contributed by atoms with E-state index in [1.54, 1.807) is 12.1 Å². The first-order valence-corrected chi connectivity index (χ1v) is 5.35. The van der Waals surface area contributed by atoms with Gasteiger partial charge in [-0.1, -0.05) is 6.07 Å². The minimum absolute atomic E-state index is 0.0545. The highest BCUT2D eigenvalue weighted by atomic mass is 19.1. The van der Waals surface area contributed by atoms with Crippen LogP contribution in [0, 0.1) is 5.82 Å². The number of rotatable bonds is 3. The molecule has 1 saturated carbocycles. The third kappa shape index (κ3) is 2.29. The number of hydrogen-bond donors (Lipinski definition) is 1. The van der Waals surface area contributed by atoms with Crippen molar-refractivity contribution in [3.8, 4) is 0 Å². The second kappa shape index (κ2) is 3.81. The van der Waals surface area contributed by atoms with Crippen molar-refractivity contribution in [1.82, 2.24) is 0 Å². The molecule has 1 aromatic rings. The quantitative estimate of drug-likeness (QED) is 0.824. The molecule has 1 aromatic carbocycles. The first-order chi connectivity index (χ1) is 7.09. The van der Waals surface area contributed by atoms with E-state index in [1.807, 2.05) is 18.0 Å². The summed E-state index contributed by atoms with van der Waals surface area (Å²) in [6, 6.07) is 6.64. The van der Waals surface area contributed by atoms with E-state index < -0.39 is 0 Å². The molecule has 2 rings (SSSR count). The van der Waals surface area contributed by atoms with Crippen LogP contribution in [0.5, 0.6) is 0 Å². The van der Waals surface area contributed by atoms with Crippen molar-refractivity contribution in [2.75, 3.05) is 18.5 Å². The molecule has 82 valence electrons. The fourth-order valence-corrected chi connectivity index (χ4v) is 2.07. The largest absolute Gasteiger partial charge is 0.373 e. The van der Waals surface area contributed by atoms with Gasteiger partial charge in [0.25, 0.3) is 0 Å². The van der Waals surface area contributed by atoms with Gasteiger partial charge in [0.05, 0.1) is 0 Å². The summed E-state index contributed by atoms with van der Waals surface area (Å²) in [4.78, 5) is 2.03. The van der Waals surface area contributed by atoms with Crippen LogP contribution in [0.2, 0.25) is 0 Å². The summed E-state index contributed by atoms with van der Waals surface area (Å²) in [6.07, 6.45) is 3.37. The van der Waals surface area contributed by atoms with Gasteiger partial charge in [0.1, 0.15) is 5.82 Å². The van der Waals surface area contributed by atoms with E-state index in [9.17, 15) is 4.39 Å². The van der Waals surface area contributed by atoms with Crippen LogP contribution in [0.4, 0.5) is 10.1 Å². The van der Waals surface area contributed by atoms with Crippen LogP contribution < -0.4 is 10.6 Å². The number of nitrogens with two attached hydrogens (primary N) is 1. The van der Waals surface area contributed by atoms with Gasteiger partial charge < -0.3 is 10.6 Å². The van der Waals surface area contributed by atoms with Gasteiger partial charge in [-0.2, -0.15) is 0 Å². The molecule has 0 bridgehead atoms. The number of anilines is 1. The topological polar surface area (TPSA) is 29.3 Å². The Morgan fingerprint density at radius 3 is 2.73 bits per heavy atom. The minimum atomic E-state index is -0.195. The molecule has 0 aromatic heterocycles. The fourth-order valence-electron chi connectivity index (χ4n) is 2.07. The summed E-state index contributed by atoms with van der Waals surface area (Å²) in [5.41, 5.74) is 6.98. The average molecular weight is 208 g/mol. The molecule has 0 saturated heterocycles. The number of hydrogen-bond acceptors (Lipinski definition) is 2. The van der Waals surface area contributed by atoms with Crippen molar-refractivity contribution in [3.63, 3.8) is 0 Å². The van der Waals surface area contributed by atoms with E-state index in [1.165, 1.54) is 12.5 Å². The molecular weight excluding hydrogens is 191 g/mol. The maximum Gasteiger partial charge on any atom is 0.125 e. The maximum atomic E-state index is 13.0. The van der Waals surface area contributed by atoms with Crippen LogP contribution in [0.15, 0.2) is 24.3 Å². The van der Waals surface area contributed by atoms with Gasteiger partial charge in [-0.15, -0.1) is 0 Å². The van der Waals surface area contributed by atoms with E-state index in [0.29, 0.717) is 0 Å². The molecule has 0 amide bonds. The first-order valence-electron chi connectivity index (χ1n) is 5.35. The van der Waals surface area contributed by atoms with Crippen LogP contribution in [-0.4, -0.2) is 19.1 Å². The van der Waals surface area contributed by atoms with E-state index in [-0.39, 0.29) is 11.4 Å². The van der Waals surface area contributed by atoms with Crippen molar-refractivity contribution < 1.29 is 4.39 Å². The van der Waals surface area contributed by atoms with Crippen LogP contribution in [0.1, 0.15) is 19.3 Å². The van der Waals surface area contributed by atoms with Gasteiger partial charge in [0.15, 0.2) is 0 Å². The molecular formula is C12H17FN2. The van der Waals surface area contributed by atoms with Crippen LogP contribution >= 0.6 is 0 Å². The highest BCUT2D eigenvalue weighted by Crippen LogP contribution is 2.30. The number of nitrogens with zero attached hydrogens (tertiary/aromatic N) is 1. The highest BCUT2D eigenvalue weighted by molar-refractivity contribution is 5.46. The summed E-state index contributed by atoms with van der Waals surface area (Å²) in [5.74, 6) is -0.195. The Balaban J connectivity index is 2.04. The summed E-state index contributed by atoms with van der Waals surface area (Å²) >= 11 is 0. The zero-order chi connectivity index (χ0) is 10.9. The van der Waals surface area contributed by atoms with Crippen LogP contribution in [0.3, 0.4) is 0 Å². The van der Waals surface area contributed by atoms with Gasteiger partial charge in [-0.05, 0) is 37.5 Å². The van der Waals surface area contributed by atoms with Gasteiger partial charge in [0, 0.05) is 24.8 Å². The third-order valence-electron chi connectivity index (χ3n) is 3.15. The van der Waals surface area contributed by atoms with E-state index >= 15 is 0 Å². The van der Waals surface area contributed by atoms with E-state index in [4.69, 9.17) is 5.73 Å². The molecule has 1 aliphatic rings. The second-order valence-electron chi connectivity index (χ2n) is 4.55. The zero-order valence-electron chi connectivity index (χ0n) is 9.04. The molecule has 2 nitrogen and oxygen atoms in total. The Hall–Kier alpha value is -1.09. The van der Waals surface area contributed by atoms with Crippen LogP contribution in [0.25, 0.3) is 0 Å². The Morgan fingerprint density at radius 1 is 1.47 bits per heavy atom. The van der Waals surface area contributed by atoms with Crippen molar-refractivity contribution >= 4 is 5.69 Å². The van der Waals surface area contributed by atoms with Crippen molar-refractivity contribution in [2.24, 2.45) is 5.73 Å². The molecule has 0 atom stereocenters. The molecule has 1 aliphatic carbocycles. The zero-order valence-corrected chi connectivity index (χ0v) is 9.04. The van der Waals surface area contributed by atoms with Crippen molar-refractivity contribution in [3.05, 3.63) is 30.1 Å². The lowest BCUT2D eigenvalue weighted by Crippen LogP contribution is -2.54. The average Bonchev–Trinajstić information content (AvgIpc) is 2.15. The fraction of sp³-hybridized carbons (Fsp3) is 0.500. The standard InChI is InChI=1S/C12H17FN2/c1-15(9-12(14)6-3-7-12)11-5-2-4-10(13)8-11/h2,4-5,8H,3,6-7,9,14H2,1H3. The number of halogens is 1. The summed E-state index contributed by atoms with van der Waals surface area (Å²) in [6.45, 7) is 0.802. The highest BCUT2D eigenvalue weighted by Gasteiger charge is 2.33. The van der Waals surface area contributed by atoms with Crippen molar-refractivity contribution in [2.45, 2.75) is 24.8 Å². The molecule has 0 heterocycles. The number of likely N-dealkylation sites (N-methyl/N-ethyl adjacent to an activating group) is 1. The minimum Gasteiger partial charge on any atom is -0.373 e. The monoisotopic (exact) mass is 208 g/mol. The lowest BCUT2D eigenvalue weighted by Gasteiger charge is -2.41. The Morgan fingerprint density at radius 2 is 2.20 bits per heavy atom. The Labute approximate surface area is 89.9 Å². The lowest BCUT2D eigenvalue weighted by atomic mass is 9.77. The normalized spacial score (nSPS) is 18.3. The molecule has 2 N–H and O–H groups in total.